The summed E-state index contributed by atoms with van der Waals surface area (Å²) in [5.41, 5.74) is 1.22. The van der Waals surface area contributed by atoms with Crippen molar-refractivity contribution in [2.75, 3.05) is 0 Å². The summed E-state index contributed by atoms with van der Waals surface area (Å²) >= 11 is 0. The van der Waals surface area contributed by atoms with Gasteiger partial charge in [-0.2, -0.15) is 5.10 Å². The lowest BCUT2D eigenvalue weighted by molar-refractivity contribution is 0.0852. The minimum absolute atomic E-state index is 0.0937. The van der Waals surface area contributed by atoms with Crippen LogP contribution < -0.4 is 0 Å². The number of nitrogens with zero attached hydrogens (tertiary/aromatic N) is 2. The minimum atomic E-state index is -0.346. The molecule has 0 bridgehead atoms. The van der Waals surface area contributed by atoms with Crippen LogP contribution in [0.5, 0.6) is 0 Å². The molecule has 0 aromatic carbocycles. The summed E-state index contributed by atoms with van der Waals surface area (Å²) < 4.78 is 1.72. The molecule has 13 heavy (non-hydrogen) atoms. The molecule has 0 atom stereocenters. The van der Waals surface area contributed by atoms with Crippen molar-refractivity contribution in [1.29, 1.82) is 0 Å². The van der Waals surface area contributed by atoms with E-state index in [-0.39, 0.29) is 11.2 Å². The van der Waals surface area contributed by atoms with Gasteiger partial charge in [0.2, 0.25) is 0 Å². The number of hydrogen-bond donors (Lipinski definition) is 0. The van der Waals surface area contributed by atoms with Gasteiger partial charge in [-0.05, 0) is 13.0 Å². The van der Waals surface area contributed by atoms with E-state index in [2.05, 4.69) is 5.10 Å². The van der Waals surface area contributed by atoms with Gasteiger partial charge < -0.3 is 0 Å². The molecule has 0 aliphatic rings. The first kappa shape index (κ1) is 9.96. The highest BCUT2D eigenvalue weighted by Gasteiger charge is 2.25. The van der Waals surface area contributed by atoms with Gasteiger partial charge in [0, 0.05) is 18.2 Å². The fourth-order valence-corrected chi connectivity index (χ4v) is 1.06. The van der Waals surface area contributed by atoms with E-state index in [1.807, 2.05) is 40.8 Å². The van der Waals surface area contributed by atoms with E-state index in [1.54, 1.807) is 4.68 Å². The second-order valence-electron chi connectivity index (χ2n) is 4.37. The molecule has 0 amide bonds. The molecule has 72 valence electrons. The zero-order valence-corrected chi connectivity index (χ0v) is 8.88. The zero-order chi connectivity index (χ0) is 10.2. The Morgan fingerprint density at radius 3 is 2.31 bits per heavy atom. The fraction of sp³-hybridized carbons (Fsp3) is 0.600. The molecule has 0 saturated heterocycles. The number of carbonyl (C=O) groups is 1. The van der Waals surface area contributed by atoms with Crippen molar-refractivity contribution in [3.63, 3.8) is 0 Å². The summed E-state index contributed by atoms with van der Waals surface area (Å²) in [6, 6.07) is 1.83. The summed E-state index contributed by atoms with van der Waals surface area (Å²) in [7, 11) is 1.84. The Labute approximate surface area is 78.8 Å². The molecule has 0 unspecified atom stereocenters. The summed E-state index contributed by atoms with van der Waals surface area (Å²) in [4.78, 5) is 11.8. The van der Waals surface area contributed by atoms with Crippen LogP contribution in [0, 0.1) is 12.3 Å². The maximum atomic E-state index is 11.8. The first-order valence-corrected chi connectivity index (χ1v) is 4.38. The van der Waals surface area contributed by atoms with Crippen LogP contribution in [-0.2, 0) is 7.05 Å². The summed E-state index contributed by atoms with van der Waals surface area (Å²) in [6.45, 7) is 7.64. The Bertz CT molecular complexity index is 312. The molecule has 3 heteroatoms. The van der Waals surface area contributed by atoms with Crippen molar-refractivity contribution in [3.05, 3.63) is 17.5 Å². The number of aryl methyl sites for hydroxylation is 2. The summed E-state index contributed by atoms with van der Waals surface area (Å²) in [6.07, 6.45) is 0. The third-order valence-corrected chi connectivity index (χ3v) is 2.03. The Morgan fingerprint density at radius 2 is 2.00 bits per heavy atom. The van der Waals surface area contributed by atoms with E-state index in [1.165, 1.54) is 0 Å². The topological polar surface area (TPSA) is 34.9 Å². The van der Waals surface area contributed by atoms with E-state index in [0.29, 0.717) is 5.69 Å². The van der Waals surface area contributed by atoms with Crippen LogP contribution in [0.4, 0.5) is 0 Å². The Balaban J connectivity index is 3.03. The molecule has 1 aromatic heterocycles. The van der Waals surface area contributed by atoms with Gasteiger partial charge in [-0.15, -0.1) is 0 Å². The van der Waals surface area contributed by atoms with Crippen molar-refractivity contribution in [1.82, 2.24) is 9.78 Å². The maximum Gasteiger partial charge on any atom is 0.188 e. The lowest BCUT2D eigenvalue weighted by atomic mass is 9.89. The quantitative estimate of drug-likeness (QED) is 0.619. The normalized spacial score (nSPS) is 11.8. The van der Waals surface area contributed by atoms with Gasteiger partial charge >= 0.3 is 0 Å². The Hall–Kier alpha value is -1.12. The van der Waals surface area contributed by atoms with Gasteiger partial charge in [-0.3, -0.25) is 9.48 Å². The van der Waals surface area contributed by atoms with Crippen LogP contribution in [0.25, 0.3) is 0 Å². The predicted octanol–water partition coefficient (Wildman–Crippen LogP) is 1.96. The smallest absolute Gasteiger partial charge is 0.188 e. The Morgan fingerprint density at radius 1 is 1.46 bits per heavy atom. The standard InChI is InChI=1S/C10H16N2O/c1-7-6-8(11-12(7)5)9(13)10(2,3)4/h6H,1-5H3. The van der Waals surface area contributed by atoms with Crippen molar-refractivity contribution in [3.8, 4) is 0 Å². The second-order valence-corrected chi connectivity index (χ2v) is 4.37. The van der Waals surface area contributed by atoms with Crippen LogP contribution in [0.2, 0.25) is 0 Å². The molecular formula is C10H16N2O. The SMILES string of the molecule is Cc1cc(C(=O)C(C)(C)C)nn1C. The summed E-state index contributed by atoms with van der Waals surface area (Å²) in [5.74, 6) is 0.0937. The van der Waals surface area contributed by atoms with Crippen LogP contribution in [-0.4, -0.2) is 15.6 Å². The highest BCUT2D eigenvalue weighted by atomic mass is 16.1. The van der Waals surface area contributed by atoms with Crippen LogP contribution in [0.1, 0.15) is 37.0 Å². The van der Waals surface area contributed by atoms with E-state index >= 15 is 0 Å². The molecule has 0 saturated carbocycles. The van der Waals surface area contributed by atoms with Crippen LogP contribution in [0.3, 0.4) is 0 Å². The number of Topliss-reactive ketones (excluding diaryl/α,β-unsaturated/α-hetero) is 1. The molecule has 0 fully saturated rings. The van der Waals surface area contributed by atoms with Crippen molar-refractivity contribution in [2.45, 2.75) is 27.7 Å². The largest absolute Gasteiger partial charge is 0.292 e. The average molecular weight is 180 g/mol. The van der Waals surface area contributed by atoms with E-state index < -0.39 is 0 Å². The van der Waals surface area contributed by atoms with Crippen molar-refractivity contribution < 1.29 is 4.79 Å². The number of carbonyl (C=O) groups excluding carboxylic acids is 1. The van der Waals surface area contributed by atoms with Gasteiger partial charge in [0.25, 0.3) is 0 Å². The fourth-order valence-electron chi connectivity index (χ4n) is 1.06. The van der Waals surface area contributed by atoms with Crippen molar-refractivity contribution in [2.24, 2.45) is 12.5 Å². The number of aromatic nitrogens is 2. The lowest BCUT2D eigenvalue weighted by Crippen LogP contribution is -2.20. The van der Waals surface area contributed by atoms with Gasteiger partial charge in [0.05, 0.1) is 0 Å². The first-order valence-electron chi connectivity index (χ1n) is 4.38. The molecule has 1 rings (SSSR count). The highest BCUT2D eigenvalue weighted by Crippen LogP contribution is 2.19. The zero-order valence-electron chi connectivity index (χ0n) is 8.88. The average Bonchev–Trinajstić information content (AvgIpc) is 2.29. The van der Waals surface area contributed by atoms with E-state index in [0.717, 1.165) is 5.69 Å². The lowest BCUT2D eigenvalue weighted by Gasteiger charge is -2.13. The molecule has 1 aromatic rings. The monoisotopic (exact) mass is 180 g/mol. The molecule has 1 heterocycles. The molecule has 0 N–H and O–H groups in total. The van der Waals surface area contributed by atoms with Gasteiger partial charge in [0.15, 0.2) is 5.78 Å². The van der Waals surface area contributed by atoms with E-state index in [4.69, 9.17) is 0 Å². The number of rotatable bonds is 1. The third kappa shape index (κ3) is 1.97. The molecule has 0 radical (unpaired) electrons. The Kier molecular flexibility index (Phi) is 2.28. The van der Waals surface area contributed by atoms with Gasteiger partial charge in [0.1, 0.15) is 5.69 Å². The maximum absolute atomic E-state index is 11.8. The molecular weight excluding hydrogens is 164 g/mol. The molecule has 0 aliphatic heterocycles. The number of ketones is 1. The highest BCUT2D eigenvalue weighted by molar-refractivity contribution is 5.98. The molecule has 0 aliphatic carbocycles. The van der Waals surface area contributed by atoms with Crippen molar-refractivity contribution >= 4 is 5.78 Å². The first-order chi connectivity index (χ1) is 5.82. The third-order valence-electron chi connectivity index (χ3n) is 2.03. The second kappa shape index (κ2) is 2.98. The van der Waals surface area contributed by atoms with Crippen LogP contribution in [0.15, 0.2) is 6.07 Å². The molecule has 0 spiro atoms. The molecule has 3 nitrogen and oxygen atoms in total. The van der Waals surface area contributed by atoms with Gasteiger partial charge in [-0.1, -0.05) is 20.8 Å². The predicted molar refractivity (Wildman–Crippen MR) is 51.7 cm³/mol. The summed E-state index contributed by atoms with van der Waals surface area (Å²) in [5, 5.41) is 4.14. The minimum Gasteiger partial charge on any atom is -0.292 e. The van der Waals surface area contributed by atoms with Gasteiger partial charge in [-0.25, -0.2) is 0 Å². The number of hydrogen-bond acceptors (Lipinski definition) is 2. The van der Waals surface area contributed by atoms with Crippen LogP contribution >= 0.6 is 0 Å². The van der Waals surface area contributed by atoms with E-state index in [9.17, 15) is 4.79 Å².